The van der Waals surface area contributed by atoms with Crippen molar-refractivity contribution < 1.29 is 0 Å². The highest BCUT2D eigenvalue weighted by atomic mass is 15.1. The third-order valence-electron chi connectivity index (χ3n) is 4.60. The lowest BCUT2D eigenvalue weighted by molar-refractivity contribution is 0.366. The summed E-state index contributed by atoms with van der Waals surface area (Å²) in [6, 6.07) is 13.1. The Bertz CT molecular complexity index is 815. The first-order valence-corrected chi connectivity index (χ1v) is 8.43. The Kier molecular flexibility index (Phi) is 3.83. The number of aryl methyl sites for hydroxylation is 1. The van der Waals surface area contributed by atoms with Crippen LogP contribution in [0.1, 0.15) is 24.8 Å². The van der Waals surface area contributed by atoms with Gasteiger partial charge in [0.15, 0.2) is 5.65 Å². The van der Waals surface area contributed by atoms with Crippen molar-refractivity contribution in [2.75, 3.05) is 6.54 Å². The highest BCUT2D eigenvalue weighted by Crippen LogP contribution is 2.25. The van der Waals surface area contributed by atoms with Crippen molar-refractivity contribution in [1.82, 2.24) is 19.9 Å². The van der Waals surface area contributed by atoms with E-state index in [1.165, 1.54) is 30.4 Å². The Morgan fingerprint density at radius 2 is 2.17 bits per heavy atom. The molecular weight excluding hydrogens is 284 g/mol. The fourth-order valence-corrected chi connectivity index (χ4v) is 3.44. The zero-order valence-electron chi connectivity index (χ0n) is 13.5. The molecular formula is C19H22N4. The standard InChI is InChI=1S/C19H22N4/c1-14-6-4-7-15(12-14)18-22-17-9-5-11-21-19(17)23(18)13-16-8-2-3-10-20-16/h4-7,9,11-12,16,20H,2-3,8,10,13H2,1H3. The van der Waals surface area contributed by atoms with Gasteiger partial charge in [-0.3, -0.25) is 0 Å². The quantitative estimate of drug-likeness (QED) is 0.804. The Morgan fingerprint density at radius 1 is 1.22 bits per heavy atom. The van der Waals surface area contributed by atoms with Gasteiger partial charge < -0.3 is 9.88 Å². The summed E-state index contributed by atoms with van der Waals surface area (Å²) in [5.41, 5.74) is 4.37. The third kappa shape index (κ3) is 2.86. The summed E-state index contributed by atoms with van der Waals surface area (Å²) >= 11 is 0. The number of aromatic nitrogens is 3. The number of hydrogen-bond acceptors (Lipinski definition) is 3. The Labute approximate surface area is 136 Å². The Balaban J connectivity index is 1.80. The van der Waals surface area contributed by atoms with Gasteiger partial charge in [-0.15, -0.1) is 0 Å². The monoisotopic (exact) mass is 306 g/mol. The number of fused-ring (bicyclic) bond motifs is 1. The van der Waals surface area contributed by atoms with Gasteiger partial charge in [0, 0.05) is 24.3 Å². The molecule has 0 saturated carbocycles. The first kappa shape index (κ1) is 14.4. The molecule has 0 bridgehead atoms. The molecule has 1 aliphatic heterocycles. The largest absolute Gasteiger partial charge is 0.312 e. The predicted molar refractivity (Wildman–Crippen MR) is 93.3 cm³/mol. The van der Waals surface area contributed by atoms with Gasteiger partial charge in [-0.05, 0) is 44.5 Å². The Hall–Kier alpha value is -2.20. The topological polar surface area (TPSA) is 42.7 Å². The summed E-state index contributed by atoms with van der Waals surface area (Å²) in [4.78, 5) is 9.45. The molecule has 1 N–H and O–H groups in total. The molecule has 23 heavy (non-hydrogen) atoms. The van der Waals surface area contributed by atoms with E-state index in [2.05, 4.69) is 46.1 Å². The summed E-state index contributed by atoms with van der Waals surface area (Å²) in [5, 5.41) is 3.64. The molecule has 1 aromatic carbocycles. The van der Waals surface area contributed by atoms with Crippen molar-refractivity contribution in [1.29, 1.82) is 0 Å². The molecule has 3 heterocycles. The lowest BCUT2D eigenvalue weighted by Crippen LogP contribution is -2.37. The SMILES string of the molecule is Cc1cccc(-c2nc3cccnc3n2CC2CCCCN2)c1. The molecule has 4 rings (SSSR count). The second-order valence-electron chi connectivity index (χ2n) is 6.41. The van der Waals surface area contributed by atoms with Crippen LogP contribution in [0.2, 0.25) is 0 Å². The van der Waals surface area contributed by atoms with Crippen molar-refractivity contribution in [2.24, 2.45) is 0 Å². The van der Waals surface area contributed by atoms with Crippen LogP contribution in [-0.2, 0) is 6.54 Å². The van der Waals surface area contributed by atoms with Gasteiger partial charge in [0.05, 0.1) is 0 Å². The van der Waals surface area contributed by atoms with E-state index >= 15 is 0 Å². The number of nitrogens with zero attached hydrogens (tertiary/aromatic N) is 3. The molecule has 1 unspecified atom stereocenters. The zero-order valence-corrected chi connectivity index (χ0v) is 13.5. The van der Waals surface area contributed by atoms with Crippen LogP contribution in [0.4, 0.5) is 0 Å². The van der Waals surface area contributed by atoms with E-state index in [-0.39, 0.29) is 0 Å². The van der Waals surface area contributed by atoms with Gasteiger partial charge in [-0.2, -0.15) is 0 Å². The van der Waals surface area contributed by atoms with E-state index in [1.807, 2.05) is 18.3 Å². The van der Waals surface area contributed by atoms with Gasteiger partial charge >= 0.3 is 0 Å². The van der Waals surface area contributed by atoms with Gasteiger partial charge in [-0.25, -0.2) is 9.97 Å². The molecule has 1 atom stereocenters. The minimum absolute atomic E-state index is 0.506. The first-order valence-electron chi connectivity index (χ1n) is 8.43. The number of benzene rings is 1. The third-order valence-corrected chi connectivity index (χ3v) is 4.60. The van der Waals surface area contributed by atoms with Gasteiger partial charge in [0.2, 0.25) is 0 Å². The van der Waals surface area contributed by atoms with E-state index in [0.717, 1.165) is 30.1 Å². The molecule has 1 saturated heterocycles. The van der Waals surface area contributed by atoms with Crippen LogP contribution < -0.4 is 5.32 Å². The minimum Gasteiger partial charge on any atom is -0.312 e. The second-order valence-corrected chi connectivity index (χ2v) is 6.41. The molecule has 1 fully saturated rings. The minimum atomic E-state index is 0.506. The van der Waals surface area contributed by atoms with Crippen LogP contribution >= 0.6 is 0 Å². The van der Waals surface area contributed by atoms with Crippen LogP contribution in [0.5, 0.6) is 0 Å². The fourth-order valence-electron chi connectivity index (χ4n) is 3.44. The van der Waals surface area contributed by atoms with E-state index in [9.17, 15) is 0 Å². The summed E-state index contributed by atoms with van der Waals surface area (Å²) in [7, 11) is 0. The smallest absolute Gasteiger partial charge is 0.160 e. The van der Waals surface area contributed by atoms with Gasteiger partial charge in [0.1, 0.15) is 11.3 Å². The summed E-state index contributed by atoms with van der Waals surface area (Å²) < 4.78 is 2.28. The molecule has 1 aliphatic rings. The molecule has 0 amide bonds. The van der Waals surface area contributed by atoms with E-state index in [1.54, 1.807) is 0 Å². The van der Waals surface area contributed by atoms with Crippen LogP contribution in [0.25, 0.3) is 22.6 Å². The van der Waals surface area contributed by atoms with Crippen molar-refractivity contribution in [2.45, 2.75) is 38.8 Å². The molecule has 0 radical (unpaired) electrons. The summed E-state index contributed by atoms with van der Waals surface area (Å²) in [6.45, 7) is 4.17. The molecule has 2 aromatic heterocycles. The predicted octanol–water partition coefficient (Wildman–Crippen LogP) is 3.55. The number of nitrogens with one attached hydrogen (secondary N) is 1. The van der Waals surface area contributed by atoms with Gasteiger partial charge in [-0.1, -0.05) is 30.2 Å². The van der Waals surface area contributed by atoms with E-state index in [0.29, 0.717) is 6.04 Å². The van der Waals surface area contributed by atoms with Crippen LogP contribution in [0.3, 0.4) is 0 Å². The second kappa shape index (κ2) is 6.13. The highest BCUT2D eigenvalue weighted by Gasteiger charge is 2.19. The average Bonchev–Trinajstić information content (AvgIpc) is 2.95. The van der Waals surface area contributed by atoms with Crippen molar-refractivity contribution in [3.8, 4) is 11.4 Å². The molecule has 4 heteroatoms. The Morgan fingerprint density at radius 3 is 3.00 bits per heavy atom. The van der Waals surface area contributed by atoms with Crippen LogP contribution in [0.15, 0.2) is 42.6 Å². The van der Waals surface area contributed by atoms with E-state index < -0.39 is 0 Å². The maximum atomic E-state index is 4.86. The number of hydrogen-bond donors (Lipinski definition) is 1. The maximum absolute atomic E-state index is 4.86. The molecule has 118 valence electrons. The lowest BCUT2D eigenvalue weighted by Gasteiger charge is -2.24. The summed E-state index contributed by atoms with van der Waals surface area (Å²) in [6.07, 6.45) is 5.66. The molecule has 3 aromatic rings. The zero-order chi connectivity index (χ0) is 15.6. The maximum Gasteiger partial charge on any atom is 0.160 e. The van der Waals surface area contributed by atoms with Crippen molar-refractivity contribution >= 4 is 11.2 Å². The molecule has 0 aliphatic carbocycles. The number of rotatable bonds is 3. The first-order chi connectivity index (χ1) is 11.3. The summed E-state index contributed by atoms with van der Waals surface area (Å²) in [5.74, 6) is 1.02. The van der Waals surface area contributed by atoms with Crippen LogP contribution in [0, 0.1) is 6.92 Å². The fraction of sp³-hybridized carbons (Fsp3) is 0.368. The van der Waals surface area contributed by atoms with Crippen molar-refractivity contribution in [3.05, 3.63) is 48.2 Å². The highest BCUT2D eigenvalue weighted by molar-refractivity contribution is 5.77. The normalized spacial score (nSPS) is 18.4. The lowest BCUT2D eigenvalue weighted by atomic mass is 10.0. The van der Waals surface area contributed by atoms with Crippen molar-refractivity contribution in [3.63, 3.8) is 0 Å². The number of pyridine rings is 1. The molecule has 0 spiro atoms. The van der Waals surface area contributed by atoms with Crippen LogP contribution in [-0.4, -0.2) is 27.1 Å². The molecule has 4 nitrogen and oxygen atoms in total. The number of imidazole rings is 1. The van der Waals surface area contributed by atoms with E-state index in [4.69, 9.17) is 4.98 Å². The number of piperidine rings is 1. The average molecular weight is 306 g/mol. The van der Waals surface area contributed by atoms with Gasteiger partial charge in [0.25, 0.3) is 0 Å².